The first-order chi connectivity index (χ1) is 9.63. The molecule has 0 amide bonds. The van der Waals surface area contributed by atoms with Crippen LogP contribution in [0.1, 0.15) is 42.4 Å². The molecular formula is C14H24N4O2. The van der Waals surface area contributed by atoms with Crippen molar-refractivity contribution in [1.82, 2.24) is 14.7 Å². The Kier molecular flexibility index (Phi) is 5.00. The first kappa shape index (κ1) is 14.8. The van der Waals surface area contributed by atoms with Crippen LogP contribution in [0.2, 0.25) is 0 Å². The molecule has 2 heterocycles. The number of nitrogens with two attached hydrogens (primary N) is 1. The van der Waals surface area contributed by atoms with Crippen molar-refractivity contribution in [3.05, 3.63) is 11.4 Å². The van der Waals surface area contributed by atoms with E-state index in [1.54, 1.807) is 7.05 Å². The molecule has 0 saturated carbocycles. The minimum Gasteiger partial charge on any atom is -0.461 e. The van der Waals surface area contributed by atoms with E-state index in [0.717, 1.165) is 18.7 Å². The van der Waals surface area contributed by atoms with Crippen LogP contribution in [0, 0.1) is 0 Å². The highest BCUT2D eigenvalue weighted by atomic mass is 16.5. The molecule has 1 fully saturated rings. The average Bonchev–Trinajstić information content (AvgIpc) is 3.02. The number of hydrogen-bond acceptors (Lipinski definition) is 5. The first-order valence-corrected chi connectivity index (χ1v) is 7.34. The fourth-order valence-electron chi connectivity index (χ4n) is 2.63. The molecule has 6 nitrogen and oxygen atoms in total. The minimum absolute atomic E-state index is 0.364. The number of anilines is 1. The van der Waals surface area contributed by atoms with E-state index in [9.17, 15) is 4.79 Å². The summed E-state index contributed by atoms with van der Waals surface area (Å²) in [5, 5.41) is 4.22. The summed E-state index contributed by atoms with van der Waals surface area (Å²) in [7, 11) is 1.72. The van der Waals surface area contributed by atoms with Crippen molar-refractivity contribution < 1.29 is 9.53 Å². The van der Waals surface area contributed by atoms with Crippen molar-refractivity contribution in [3.8, 4) is 0 Å². The number of hydrogen-bond donors (Lipinski definition) is 1. The zero-order chi connectivity index (χ0) is 14.5. The predicted molar refractivity (Wildman–Crippen MR) is 77.6 cm³/mol. The van der Waals surface area contributed by atoms with Crippen molar-refractivity contribution in [2.75, 3.05) is 32.0 Å². The highest BCUT2D eigenvalue weighted by Crippen LogP contribution is 2.18. The van der Waals surface area contributed by atoms with E-state index in [1.165, 1.54) is 30.6 Å². The summed E-state index contributed by atoms with van der Waals surface area (Å²) in [6, 6.07) is 0. The summed E-state index contributed by atoms with van der Waals surface area (Å²) in [6.45, 7) is 5.73. The Labute approximate surface area is 119 Å². The van der Waals surface area contributed by atoms with Crippen LogP contribution < -0.4 is 5.73 Å². The van der Waals surface area contributed by atoms with Gasteiger partial charge in [-0.25, -0.2) is 4.79 Å². The molecule has 0 radical (unpaired) electrons. The number of carbonyl (C=O) groups is 1. The first-order valence-electron chi connectivity index (χ1n) is 7.34. The molecule has 0 aliphatic carbocycles. The summed E-state index contributed by atoms with van der Waals surface area (Å²) in [5.41, 5.74) is 7.48. The van der Waals surface area contributed by atoms with E-state index in [-0.39, 0.29) is 5.97 Å². The Hall–Kier alpha value is -1.56. The zero-order valence-electron chi connectivity index (χ0n) is 12.4. The second-order valence-electron chi connectivity index (χ2n) is 5.22. The zero-order valence-corrected chi connectivity index (χ0v) is 12.4. The third-order valence-corrected chi connectivity index (χ3v) is 3.74. The lowest BCUT2D eigenvalue weighted by Crippen LogP contribution is -2.22. The lowest BCUT2D eigenvalue weighted by atomic mass is 10.2. The molecular weight excluding hydrogens is 256 g/mol. The van der Waals surface area contributed by atoms with Gasteiger partial charge >= 0.3 is 5.97 Å². The predicted octanol–water partition coefficient (Wildman–Crippen LogP) is 1.21. The summed E-state index contributed by atoms with van der Waals surface area (Å²) in [4.78, 5) is 14.4. The van der Waals surface area contributed by atoms with Gasteiger partial charge in [0.25, 0.3) is 0 Å². The molecule has 0 bridgehead atoms. The molecule has 1 aliphatic rings. The van der Waals surface area contributed by atoms with Gasteiger partial charge in [-0.3, -0.25) is 4.68 Å². The van der Waals surface area contributed by atoms with Gasteiger partial charge < -0.3 is 15.4 Å². The van der Waals surface area contributed by atoms with Gasteiger partial charge in [0.2, 0.25) is 0 Å². The minimum atomic E-state index is -0.376. The molecule has 2 N–H and O–H groups in total. The summed E-state index contributed by atoms with van der Waals surface area (Å²) in [5.74, 6) is -0.376. The Bertz CT molecular complexity index is 464. The quantitative estimate of drug-likeness (QED) is 0.626. The van der Waals surface area contributed by atoms with E-state index in [2.05, 4.69) is 10.00 Å². The molecule has 1 saturated heterocycles. The number of ether oxygens (including phenoxy) is 1. The smallest absolute Gasteiger partial charge is 0.358 e. The van der Waals surface area contributed by atoms with Crippen LogP contribution in [0.3, 0.4) is 0 Å². The Morgan fingerprint density at radius 3 is 2.70 bits per heavy atom. The van der Waals surface area contributed by atoms with Crippen molar-refractivity contribution in [3.63, 3.8) is 0 Å². The Balaban J connectivity index is 1.81. The summed E-state index contributed by atoms with van der Waals surface area (Å²) in [6.07, 6.45) is 4.14. The van der Waals surface area contributed by atoms with Crippen molar-refractivity contribution >= 4 is 11.7 Å². The van der Waals surface area contributed by atoms with E-state index in [0.29, 0.717) is 24.4 Å². The topological polar surface area (TPSA) is 73.4 Å². The molecule has 6 heteroatoms. The van der Waals surface area contributed by atoms with Crippen LogP contribution in [0.5, 0.6) is 0 Å². The van der Waals surface area contributed by atoms with Crippen molar-refractivity contribution in [2.24, 2.45) is 7.05 Å². The van der Waals surface area contributed by atoms with Gasteiger partial charge in [-0.1, -0.05) is 6.92 Å². The van der Waals surface area contributed by atoms with E-state index in [1.807, 2.05) is 6.92 Å². The van der Waals surface area contributed by atoms with Gasteiger partial charge in [0.15, 0.2) is 5.69 Å². The van der Waals surface area contributed by atoms with Gasteiger partial charge in [-0.15, -0.1) is 0 Å². The van der Waals surface area contributed by atoms with Crippen molar-refractivity contribution in [1.29, 1.82) is 0 Å². The van der Waals surface area contributed by atoms with Crippen LogP contribution in [0.15, 0.2) is 0 Å². The molecule has 2 rings (SSSR count). The largest absolute Gasteiger partial charge is 0.461 e. The van der Waals surface area contributed by atoms with Crippen molar-refractivity contribution in [2.45, 2.75) is 32.6 Å². The third kappa shape index (κ3) is 3.30. The molecule has 20 heavy (non-hydrogen) atoms. The number of likely N-dealkylation sites (tertiary alicyclic amines) is 1. The number of aryl methyl sites for hydroxylation is 2. The average molecular weight is 280 g/mol. The lowest BCUT2D eigenvalue weighted by Gasteiger charge is -2.14. The van der Waals surface area contributed by atoms with Crippen LogP contribution in [0.25, 0.3) is 0 Å². The van der Waals surface area contributed by atoms with Crippen LogP contribution in [-0.2, 0) is 18.2 Å². The summed E-state index contributed by atoms with van der Waals surface area (Å²) >= 11 is 0. The van der Waals surface area contributed by atoms with Crippen LogP contribution >= 0.6 is 0 Å². The molecule has 0 unspecified atom stereocenters. The van der Waals surface area contributed by atoms with Gasteiger partial charge in [0.05, 0.1) is 18.0 Å². The number of nitrogens with zero attached hydrogens (tertiary/aromatic N) is 3. The van der Waals surface area contributed by atoms with Crippen LogP contribution in [0.4, 0.5) is 5.69 Å². The van der Waals surface area contributed by atoms with E-state index >= 15 is 0 Å². The number of carbonyl (C=O) groups excluding carboxylic acids is 1. The summed E-state index contributed by atoms with van der Waals surface area (Å²) < 4.78 is 6.81. The van der Waals surface area contributed by atoms with Gasteiger partial charge in [0, 0.05) is 13.6 Å². The second kappa shape index (κ2) is 6.74. The third-order valence-electron chi connectivity index (χ3n) is 3.74. The number of nitrogen functional groups attached to an aromatic ring is 1. The molecule has 112 valence electrons. The fraction of sp³-hybridized carbons (Fsp3) is 0.714. The number of aromatic nitrogens is 2. The van der Waals surface area contributed by atoms with Crippen LogP contribution in [-0.4, -0.2) is 46.9 Å². The van der Waals surface area contributed by atoms with E-state index < -0.39 is 0 Å². The normalized spacial score (nSPS) is 15.7. The van der Waals surface area contributed by atoms with Gasteiger partial charge in [0.1, 0.15) is 0 Å². The maximum Gasteiger partial charge on any atom is 0.358 e. The molecule has 1 aromatic heterocycles. The molecule has 0 aromatic carbocycles. The lowest BCUT2D eigenvalue weighted by molar-refractivity contribution is 0.0479. The molecule has 1 aliphatic heterocycles. The number of esters is 1. The highest BCUT2D eigenvalue weighted by molar-refractivity contribution is 5.93. The Morgan fingerprint density at radius 1 is 1.40 bits per heavy atom. The number of rotatable bonds is 6. The maximum absolute atomic E-state index is 12.0. The SMILES string of the molecule is CCc1nn(C)c(C(=O)OCCCN2CCCC2)c1N. The highest BCUT2D eigenvalue weighted by Gasteiger charge is 2.20. The molecule has 0 atom stereocenters. The molecule has 1 aromatic rings. The monoisotopic (exact) mass is 280 g/mol. The fourth-order valence-corrected chi connectivity index (χ4v) is 2.63. The van der Waals surface area contributed by atoms with Gasteiger partial charge in [-0.05, 0) is 38.8 Å². The van der Waals surface area contributed by atoms with E-state index in [4.69, 9.17) is 10.5 Å². The molecule has 0 spiro atoms. The van der Waals surface area contributed by atoms with Gasteiger partial charge in [-0.2, -0.15) is 5.10 Å². The standard InChI is InChI=1S/C14H24N4O2/c1-3-11-12(15)13(17(2)16-11)14(19)20-10-6-9-18-7-4-5-8-18/h3-10,15H2,1-2H3. The second-order valence-corrected chi connectivity index (χ2v) is 5.22. The maximum atomic E-state index is 12.0. The Morgan fingerprint density at radius 2 is 2.10 bits per heavy atom.